The molecule has 2 N–H and O–H groups in total. The molecule has 5 heteroatoms. The predicted molar refractivity (Wildman–Crippen MR) is 47.5 cm³/mol. The van der Waals surface area contributed by atoms with Crippen molar-refractivity contribution in [3.05, 3.63) is 16.1 Å². The quantitative estimate of drug-likeness (QED) is 0.697. The van der Waals surface area contributed by atoms with Crippen molar-refractivity contribution < 1.29 is 4.79 Å². The van der Waals surface area contributed by atoms with Gasteiger partial charge < -0.3 is 5.73 Å². The summed E-state index contributed by atoms with van der Waals surface area (Å²) in [7, 11) is 0. The van der Waals surface area contributed by atoms with Crippen molar-refractivity contribution >= 4 is 23.3 Å². The summed E-state index contributed by atoms with van der Waals surface area (Å²) < 4.78 is 0. The van der Waals surface area contributed by atoms with Gasteiger partial charge in [0.1, 0.15) is 10.0 Å². The largest absolute Gasteiger partial charge is 0.366 e. The van der Waals surface area contributed by atoms with Crippen LogP contribution >= 0.6 is 11.3 Å². The van der Waals surface area contributed by atoms with Gasteiger partial charge in [-0.25, -0.2) is 0 Å². The van der Waals surface area contributed by atoms with E-state index >= 15 is 0 Å². The Morgan fingerprint density at radius 3 is 2.92 bits per heavy atom. The van der Waals surface area contributed by atoms with Crippen LogP contribution in [0.1, 0.15) is 16.9 Å². The number of rotatable bonds is 3. The number of nitrogens with two attached hydrogens (primary N) is 1. The molecule has 1 rings (SSSR count). The van der Waals surface area contributed by atoms with Gasteiger partial charge in [-0.15, -0.1) is 10.2 Å². The molecule has 1 heterocycles. The average Bonchev–Trinajstić information content (AvgIpc) is 2.48. The van der Waals surface area contributed by atoms with Gasteiger partial charge >= 0.3 is 0 Å². The Morgan fingerprint density at radius 1 is 1.67 bits per heavy atom. The van der Waals surface area contributed by atoms with Crippen LogP contribution in [-0.2, 0) is 11.2 Å². The van der Waals surface area contributed by atoms with E-state index in [4.69, 9.17) is 5.73 Å². The summed E-state index contributed by atoms with van der Waals surface area (Å²) in [6.45, 7) is 2.00. The Labute approximate surface area is 74.1 Å². The zero-order valence-electron chi connectivity index (χ0n) is 6.65. The van der Waals surface area contributed by atoms with Crippen molar-refractivity contribution in [2.24, 2.45) is 5.73 Å². The lowest BCUT2D eigenvalue weighted by Crippen LogP contribution is -2.04. The smallest absolute Gasteiger partial charge is 0.241 e. The number of amides is 1. The van der Waals surface area contributed by atoms with Crippen molar-refractivity contribution in [3.63, 3.8) is 0 Å². The van der Waals surface area contributed by atoms with Gasteiger partial charge in [0, 0.05) is 6.08 Å². The Balaban J connectivity index is 2.70. The molecule has 64 valence electrons. The van der Waals surface area contributed by atoms with Crippen LogP contribution in [-0.4, -0.2) is 16.1 Å². The Bertz CT molecular complexity index is 305. The second-order valence-electron chi connectivity index (χ2n) is 2.12. The first-order valence-corrected chi connectivity index (χ1v) is 4.34. The first kappa shape index (κ1) is 8.86. The fourth-order valence-electron chi connectivity index (χ4n) is 0.630. The Hall–Kier alpha value is -1.23. The zero-order valence-corrected chi connectivity index (χ0v) is 7.47. The van der Waals surface area contributed by atoms with Gasteiger partial charge in [-0.2, -0.15) is 0 Å². The molecule has 0 radical (unpaired) electrons. The summed E-state index contributed by atoms with van der Waals surface area (Å²) in [6.07, 6.45) is 3.71. The summed E-state index contributed by atoms with van der Waals surface area (Å²) in [5.41, 5.74) is 4.91. The molecule has 4 nitrogen and oxygen atoms in total. The lowest BCUT2D eigenvalue weighted by Gasteiger charge is -1.79. The van der Waals surface area contributed by atoms with E-state index in [1.54, 1.807) is 6.08 Å². The van der Waals surface area contributed by atoms with Crippen molar-refractivity contribution in [2.45, 2.75) is 13.3 Å². The molecule has 0 aliphatic heterocycles. The number of carbonyl (C=O) groups excluding carboxylic acids is 1. The van der Waals surface area contributed by atoms with Gasteiger partial charge in [-0.1, -0.05) is 18.3 Å². The van der Waals surface area contributed by atoms with Gasteiger partial charge in [0.15, 0.2) is 0 Å². The molecule has 0 aliphatic rings. The molecule has 0 aromatic carbocycles. The average molecular weight is 183 g/mol. The lowest BCUT2D eigenvalue weighted by molar-refractivity contribution is -0.113. The molecule has 0 spiro atoms. The molecule has 0 aliphatic carbocycles. The molecule has 12 heavy (non-hydrogen) atoms. The van der Waals surface area contributed by atoms with E-state index in [0.717, 1.165) is 11.4 Å². The third-order valence-electron chi connectivity index (χ3n) is 1.18. The second kappa shape index (κ2) is 3.96. The van der Waals surface area contributed by atoms with Crippen molar-refractivity contribution in [2.75, 3.05) is 0 Å². The van der Waals surface area contributed by atoms with E-state index in [0.29, 0.717) is 5.01 Å². The van der Waals surface area contributed by atoms with Crippen molar-refractivity contribution in [1.82, 2.24) is 10.2 Å². The Kier molecular flexibility index (Phi) is 2.93. The monoisotopic (exact) mass is 183 g/mol. The molecule has 0 fully saturated rings. The molecular formula is C7H9N3OS. The van der Waals surface area contributed by atoms with Gasteiger partial charge in [0.25, 0.3) is 0 Å². The molecule has 0 bridgehead atoms. The van der Waals surface area contributed by atoms with Crippen LogP contribution in [0, 0.1) is 0 Å². The van der Waals surface area contributed by atoms with Gasteiger partial charge in [0.2, 0.25) is 5.91 Å². The van der Waals surface area contributed by atoms with E-state index in [1.165, 1.54) is 17.4 Å². The summed E-state index contributed by atoms with van der Waals surface area (Å²) in [5.74, 6) is -0.469. The molecule has 0 saturated heterocycles. The fraction of sp³-hybridized carbons (Fsp3) is 0.286. The third kappa shape index (κ3) is 2.43. The highest BCUT2D eigenvalue weighted by molar-refractivity contribution is 7.12. The number of aromatic nitrogens is 2. The van der Waals surface area contributed by atoms with E-state index in [2.05, 4.69) is 10.2 Å². The molecule has 1 aromatic heterocycles. The molecule has 1 aromatic rings. The molecule has 1 amide bonds. The molecule has 0 atom stereocenters. The molecular weight excluding hydrogens is 174 g/mol. The number of carbonyl (C=O) groups is 1. The van der Waals surface area contributed by atoms with Crippen molar-refractivity contribution in [3.8, 4) is 0 Å². The summed E-state index contributed by atoms with van der Waals surface area (Å²) in [5, 5.41) is 9.38. The fourth-order valence-corrected chi connectivity index (χ4v) is 1.32. The summed E-state index contributed by atoms with van der Waals surface area (Å²) in [4.78, 5) is 10.3. The maximum absolute atomic E-state index is 10.3. The normalized spacial score (nSPS) is 10.8. The minimum atomic E-state index is -0.469. The predicted octanol–water partition coefficient (Wildman–Crippen LogP) is 0.599. The van der Waals surface area contributed by atoms with Crippen LogP contribution in [0.25, 0.3) is 6.08 Å². The van der Waals surface area contributed by atoms with Gasteiger partial charge in [0.05, 0.1) is 0 Å². The number of hydrogen-bond acceptors (Lipinski definition) is 4. The van der Waals surface area contributed by atoms with E-state index in [9.17, 15) is 4.79 Å². The maximum Gasteiger partial charge on any atom is 0.241 e. The van der Waals surface area contributed by atoms with Crippen LogP contribution in [0.2, 0.25) is 0 Å². The highest BCUT2D eigenvalue weighted by Gasteiger charge is 1.97. The van der Waals surface area contributed by atoms with Gasteiger partial charge in [-0.05, 0) is 12.5 Å². The number of hydrogen-bond donors (Lipinski definition) is 1. The number of primary amides is 1. The highest BCUT2D eigenvalue weighted by atomic mass is 32.1. The summed E-state index contributed by atoms with van der Waals surface area (Å²) >= 11 is 1.46. The molecule has 0 saturated carbocycles. The van der Waals surface area contributed by atoms with Crippen LogP contribution in [0.5, 0.6) is 0 Å². The Morgan fingerprint density at radius 2 is 2.42 bits per heavy atom. The first-order valence-electron chi connectivity index (χ1n) is 3.52. The molecule has 0 unspecified atom stereocenters. The van der Waals surface area contributed by atoms with Crippen LogP contribution < -0.4 is 5.73 Å². The van der Waals surface area contributed by atoms with Crippen LogP contribution in [0.3, 0.4) is 0 Å². The zero-order chi connectivity index (χ0) is 8.97. The topological polar surface area (TPSA) is 68.9 Å². The van der Waals surface area contributed by atoms with Crippen LogP contribution in [0.15, 0.2) is 6.08 Å². The SMILES string of the molecule is CCc1nnc(C=CC(N)=O)s1. The third-order valence-corrected chi connectivity index (χ3v) is 2.21. The lowest BCUT2D eigenvalue weighted by atomic mass is 10.5. The second-order valence-corrected chi connectivity index (χ2v) is 3.22. The van der Waals surface area contributed by atoms with E-state index < -0.39 is 5.91 Å². The number of aryl methyl sites for hydroxylation is 1. The first-order chi connectivity index (χ1) is 5.72. The minimum absolute atomic E-state index is 0.469. The van der Waals surface area contributed by atoms with E-state index in [1.807, 2.05) is 6.92 Å². The minimum Gasteiger partial charge on any atom is -0.366 e. The summed E-state index contributed by atoms with van der Waals surface area (Å²) in [6, 6.07) is 0. The maximum atomic E-state index is 10.3. The standard InChI is InChI=1S/C7H9N3OS/c1-2-6-9-10-7(12-6)4-3-5(8)11/h3-4H,2H2,1H3,(H2,8,11). The van der Waals surface area contributed by atoms with E-state index in [-0.39, 0.29) is 0 Å². The number of nitrogens with zero attached hydrogens (tertiary/aromatic N) is 2. The van der Waals surface area contributed by atoms with Gasteiger partial charge in [-0.3, -0.25) is 4.79 Å². The van der Waals surface area contributed by atoms with Crippen molar-refractivity contribution in [1.29, 1.82) is 0 Å². The van der Waals surface area contributed by atoms with Crippen LogP contribution in [0.4, 0.5) is 0 Å². The highest BCUT2D eigenvalue weighted by Crippen LogP contribution is 2.10.